The molecule has 1 amide bonds. The predicted octanol–water partition coefficient (Wildman–Crippen LogP) is 3.57. The summed E-state index contributed by atoms with van der Waals surface area (Å²) < 4.78 is 2.13. The Morgan fingerprint density at radius 3 is 2.38 bits per heavy atom. The van der Waals surface area contributed by atoms with Gasteiger partial charge in [0.05, 0.1) is 5.41 Å². The van der Waals surface area contributed by atoms with Crippen molar-refractivity contribution in [1.82, 2.24) is 14.9 Å². The van der Waals surface area contributed by atoms with Crippen molar-refractivity contribution in [3.63, 3.8) is 0 Å². The molecule has 1 aromatic heterocycles. The Kier molecular flexibility index (Phi) is 5.52. The average Bonchev–Trinajstić information content (AvgIpc) is 3.10. The van der Waals surface area contributed by atoms with Crippen molar-refractivity contribution in [2.24, 2.45) is 0 Å². The molecule has 0 fully saturated rings. The largest absolute Gasteiger partial charge is 0.355 e. The van der Waals surface area contributed by atoms with Crippen molar-refractivity contribution >= 4 is 5.91 Å². The summed E-state index contributed by atoms with van der Waals surface area (Å²) >= 11 is 0. The van der Waals surface area contributed by atoms with Crippen LogP contribution in [-0.2, 0) is 23.2 Å². The Morgan fingerprint density at radius 2 is 1.69 bits per heavy atom. The summed E-state index contributed by atoms with van der Waals surface area (Å²) in [7, 11) is 0. The molecule has 0 atom stereocenters. The van der Waals surface area contributed by atoms with E-state index in [1.54, 1.807) is 0 Å². The lowest BCUT2D eigenvalue weighted by atomic mass is 9.84. The fraction of sp³-hybridized carbons (Fsp3) is 0.273. The number of imidazole rings is 1. The third kappa shape index (κ3) is 4.20. The maximum absolute atomic E-state index is 12.6. The molecule has 0 saturated carbocycles. The second kappa shape index (κ2) is 8.00. The van der Waals surface area contributed by atoms with E-state index >= 15 is 0 Å². The van der Waals surface area contributed by atoms with Gasteiger partial charge < -0.3 is 9.88 Å². The molecule has 0 aliphatic carbocycles. The number of carbonyl (C=O) groups is 1. The van der Waals surface area contributed by atoms with Gasteiger partial charge in [0.1, 0.15) is 5.82 Å². The van der Waals surface area contributed by atoms with Crippen LogP contribution in [0.3, 0.4) is 0 Å². The van der Waals surface area contributed by atoms with E-state index < -0.39 is 5.41 Å². The fourth-order valence-electron chi connectivity index (χ4n) is 2.99. The Morgan fingerprint density at radius 1 is 1.04 bits per heavy atom. The minimum atomic E-state index is -0.555. The molecule has 0 unspecified atom stereocenters. The standard InChI is InChI=1S/C22H25N3O/c1-22(2,19-11-7-4-8-12-19)21(26)24-14-13-20-23-15-16-25(20)17-18-9-5-3-6-10-18/h3-12,15-16H,13-14,17H2,1-2H3,(H,24,26). The Bertz CT molecular complexity index is 838. The molecule has 26 heavy (non-hydrogen) atoms. The van der Waals surface area contributed by atoms with E-state index in [1.807, 2.05) is 74.8 Å². The van der Waals surface area contributed by atoms with Gasteiger partial charge in [-0.25, -0.2) is 4.98 Å². The van der Waals surface area contributed by atoms with Gasteiger partial charge in [-0.3, -0.25) is 4.79 Å². The molecule has 1 N–H and O–H groups in total. The van der Waals surface area contributed by atoms with E-state index in [9.17, 15) is 4.79 Å². The van der Waals surface area contributed by atoms with E-state index in [0.717, 1.165) is 17.9 Å². The first kappa shape index (κ1) is 17.9. The molecule has 2 aromatic carbocycles. The zero-order valence-electron chi connectivity index (χ0n) is 15.4. The molecule has 134 valence electrons. The van der Waals surface area contributed by atoms with Crippen LogP contribution in [0.2, 0.25) is 0 Å². The lowest BCUT2D eigenvalue weighted by Crippen LogP contribution is -2.41. The highest BCUT2D eigenvalue weighted by molar-refractivity contribution is 5.87. The number of rotatable bonds is 7. The zero-order valence-corrected chi connectivity index (χ0v) is 15.4. The van der Waals surface area contributed by atoms with Crippen molar-refractivity contribution in [1.29, 1.82) is 0 Å². The second-order valence-corrected chi connectivity index (χ2v) is 6.95. The third-order valence-electron chi connectivity index (χ3n) is 4.69. The zero-order chi connectivity index (χ0) is 18.4. The van der Waals surface area contributed by atoms with Gasteiger partial charge in [-0.1, -0.05) is 60.7 Å². The van der Waals surface area contributed by atoms with Crippen LogP contribution in [0, 0.1) is 0 Å². The predicted molar refractivity (Wildman–Crippen MR) is 104 cm³/mol. The molecule has 0 aliphatic rings. The summed E-state index contributed by atoms with van der Waals surface area (Å²) in [5.41, 5.74) is 1.70. The van der Waals surface area contributed by atoms with Crippen LogP contribution in [0.5, 0.6) is 0 Å². The number of aromatic nitrogens is 2. The highest BCUT2D eigenvalue weighted by atomic mass is 16.2. The molecule has 4 heteroatoms. The Hall–Kier alpha value is -2.88. The van der Waals surface area contributed by atoms with Crippen LogP contribution in [-0.4, -0.2) is 22.0 Å². The molecule has 0 spiro atoms. The average molecular weight is 347 g/mol. The lowest BCUT2D eigenvalue weighted by molar-refractivity contribution is -0.125. The van der Waals surface area contributed by atoms with Gasteiger partial charge in [0, 0.05) is 31.9 Å². The molecular weight excluding hydrogens is 322 g/mol. The molecule has 3 rings (SSSR count). The topological polar surface area (TPSA) is 46.9 Å². The number of amides is 1. The lowest BCUT2D eigenvalue weighted by Gasteiger charge is -2.24. The van der Waals surface area contributed by atoms with Gasteiger partial charge in [0.2, 0.25) is 5.91 Å². The second-order valence-electron chi connectivity index (χ2n) is 6.95. The number of carbonyl (C=O) groups excluding carboxylic acids is 1. The van der Waals surface area contributed by atoms with Crippen LogP contribution in [0.25, 0.3) is 0 Å². The summed E-state index contributed by atoms with van der Waals surface area (Å²) in [4.78, 5) is 17.1. The van der Waals surface area contributed by atoms with Crippen LogP contribution >= 0.6 is 0 Å². The highest BCUT2D eigenvalue weighted by Crippen LogP contribution is 2.22. The van der Waals surface area contributed by atoms with Gasteiger partial charge in [-0.15, -0.1) is 0 Å². The number of hydrogen-bond donors (Lipinski definition) is 1. The van der Waals surface area contributed by atoms with Crippen molar-refractivity contribution in [2.75, 3.05) is 6.54 Å². The number of benzene rings is 2. The summed E-state index contributed by atoms with van der Waals surface area (Å²) in [5.74, 6) is 1.01. The van der Waals surface area contributed by atoms with Gasteiger partial charge in [-0.2, -0.15) is 0 Å². The normalized spacial score (nSPS) is 11.3. The molecule has 1 heterocycles. The quantitative estimate of drug-likeness (QED) is 0.710. The maximum Gasteiger partial charge on any atom is 0.230 e. The molecule has 0 aliphatic heterocycles. The van der Waals surface area contributed by atoms with Crippen molar-refractivity contribution < 1.29 is 4.79 Å². The van der Waals surface area contributed by atoms with E-state index in [0.29, 0.717) is 13.0 Å². The van der Waals surface area contributed by atoms with Crippen LogP contribution in [0.15, 0.2) is 73.1 Å². The van der Waals surface area contributed by atoms with E-state index in [4.69, 9.17) is 0 Å². The van der Waals surface area contributed by atoms with Gasteiger partial charge >= 0.3 is 0 Å². The van der Waals surface area contributed by atoms with E-state index in [1.165, 1.54) is 5.56 Å². The van der Waals surface area contributed by atoms with Crippen molar-refractivity contribution in [2.45, 2.75) is 32.2 Å². The number of nitrogens with zero attached hydrogens (tertiary/aromatic N) is 2. The van der Waals surface area contributed by atoms with Crippen LogP contribution < -0.4 is 5.32 Å². The first-order valence-electron chi connectivity index (χ1n) is 8.95. The summed E-state index contributed by atoms with van der Waals surface area (Å²) in [6.45, 7) is 5.27. The number of hydrogen-bond acceptors (Lipinski definition) is 2. The molecule has 4 nitrogen and oxygen atoms in total. The SMILES string of the molecule is CC(C)(C(=O)NCCc1nccn1Cc1ccccc1)c1ccccc1. The van der Waals surface area contributed by atoms with E-state index in [2.05, 4.69) is 27.0 Å². The van der Waals surface area contributed by atoms with E-state index in [-0.39, 0.29) is 5.91 Å². The van der Waals surface area contributed by atoms with Crippen molar-refractivity contribution in [3.05, 3.63) is 90.0 Å². The van der Waals surface area contributed by atoms with Crippen LogP contribution in [0.4, 0.5) is 0 Å². The first-order valence-corrected chi connectivity index (χ1v) is 8.95. The fourth-order valence-corrected chi connectivity index (χ4v) is 2.99. The Balaban J connectivity index is 1.57. The molecule has 3 aromatic rings. The molecular formula is C22H25N3O. The minimum Gasteiger partial charge on any atom is -0.355 e. The van der Waals surface area contributed by atoms with Gasteiger partial charge in [-0.05, 0) is 25.0 Å². The summed E-state index contributed by atoms with van der Waals surface area (Å²) in [6, 6.07) is 20.2. The third-order valence-corrected chi connectivity index (χ3v) is 4.69. The highest BCUT2D eigenvalue weighted by Gasteiger charge is 2.29. The molecule has 0 radical (unpaired) electrons. The molecule has 0 saturated heterocycles. The van der Waals surface area contributed by atoms with Gasteiger partial charge in [0.15, 0.2) is 0 Å². The monoisotopic (exact) mass is 347 g/mol. The van der Waals surface area contributed by atoms with Crippen LogP contribution in [0.1, 0.15) is 30.8 Å². The van der Waals surface area contributed by atoms with Crippen molar-refractivity contribution in [3.8, 4) is 0 Å². The maximum atomic E-state index is 12.6. The number of nitrogens with one attached hydrogen (secondary N) is 1. The van der Waals surface area contributed by atoms with Gasteiger partial charge in [0.25, 0.3) is 0 Å². The summed E-state index contributed by atoms with van der Waals surface area (Å²) in [5, 5.41) is 3.06. The smallest absolute Gasteiger partial charge is 0.230 e. The summed E-state index contributed by atoms with van der Waals surface area (Å²) in [6.07, 6.45) is 4.50. The minimum absolute atomic E-state index is 0.0323. The Labute approximate surface area is 154 Å². The first-order chi connectivity index (χ1) is 12.6. The molecule has 0 bridgehead atoms.